The topological polar surface area (TPSA) is 95.3 Å². The number of ether oxygens (including phenoxy) is 1. The highest BCUT2D eigenvalue weighted by Gasteiger charge is 2.69. The standard InChI is InChI=1S/C36H48BF3N4O5/c1-32(2,43-16-14-36(39,40)22-43)20-24(21-41)30(45)44-15-8-13-34(44,5)47-31(46)42(7)29(17-23-9-11-26(38)12-10-23)37-48-28-19-25-18-27(33(25,3)4)35(28,6)49-37/h9-12,20,25,27-29H,8,13-19,22H2,1-7H3/t25-,27-,28+,29-,34+,35-/m0/s1. The molecule has 13 heteroatoms. The molecule has 3 aliphatic carbocycles. The van der Waals surface area contributed by atoms with Crippen molar-refractivity contribution in [2.45, 2.75) is 115 Å². The number of hydrogen-bond acceptors (Lipinski definition) is 7. The van der Waals surface area contributed by atoms with Crippen LogP contribution in [0.3, 0.4) is 0 Å². The molecule has 2 bridgehead atoms. The van der Waals surface area contributed by atoms with Crippen molar-refractivity contribution < 1.29 is 36.8 Å². The maximum Gasteiger partial charge on any atom is 0.482 e. The summed E-state index contributed by atoms with van der Waals surface area (Å²) in [5, 5.41) is 10.0. The summed E-state index contributed by atoms with van der Waals surface area (Å²) in [4.78, 5) is 32.2. The van der Waals surface area contributed by atoms with Gasteiger partial charge in [0.1, 0.15) is 17.5 Å². The Labute approximate surface area is 287 Å². The quantitative estimate of drug-likeness (QED) is 0.189. The van der Waals surface area contributed by atoms with E-state index >= 15 is 0 Å². The largest absolute Gasteiger partial charge is 0.482 e. The summed E-state index contributed by atoms with van der Waals surface area (Å²) in [5.74, 6) is -3.61. The van der Waals surface area contributed by atoms with Crippen LogP contribution in [-0.4, -0.2) is 95.3 Å². The fraction of sp³-hybridized carbons (Fsp3) is 0.694. The van der Waals surface area contributed by atoms with Crippen molar-refractivity contribution in [3.05, 3.63) is 47.3 Å². The average molecular weight is 685 g/mol. The van der Waals surface area contributed by atoms with Crippen molar-refractivity contribution in [3.63, 3.8) is 0 Å². The van der Waals surface area contributed by atoms with Crippen LogP contribution in [0, 0.1) is 34.4 Å². The monoisotopic (exact) mass is 684 g/mol. The second-order valence-electron chi connectivity index (χ2n) is 16.3. The van der Waals surface area contributed by atoms with Gasteiger partial charge in [-0.05, 0) is 94.4 Å². The highest BCUT2D eigenvalue weighted by atomic mass is 19.3. The Morgan fingerprint density at radius 3 is 2.47 bits per heavy atom. The maximum atomic E-state index is 14.0. The minimum Gasteiger partial charge on any atom is -0.423 e. The molecule has 0 unspecified atom stereocenters. The normalized spacial score (nSPS) is 32.7. The minimum atomic E-state index is -2.83. The number of halogens is 3. The molecule has 3 saturated heterocycles. The first-order valence-electron chi connectivity index (χ1n) is 17.4. The lowest BCUT2D eigenvalue weighted by molar-refractivity contribution is -0.199. The molecule has 3 aliphatic heterocycles. The van der Waals surface area contributed by atoms with Crippen LogP contribution >= 0.6 is 0 Å². The van der Waals surface area contributed by atoms with E-state index in [1.807, 2.05) is 6.07 Å². The van der Waals surface area contributed by atoms with Crippen LogP contribution in [0.2, 0.25) is 0 Å². The van der Waals surface area contributed by atoms with Gasteiger partial charge in [0.2, 0.25) is 0 Å². The first kappa shape index (κ1) is 35.7. The number of carbonyl (C=O) groups excluding carboxylic acids is 2. The van der Waals surface area contributed by atoms with E-state index in [1.54, 1.807) is 44.9 Å². The Morgan fingerprint density at radius 2 is 1.86 bits per heavy atom. The number of amides is 2. The summed E-state index contributed by atoms with van der Waals surface area (Å²) in [5.41, 5.74) is -2.16. The molecule has 49 heavy (non-hydrogen) atoms. The third-order valence-corrected chi connectivity index (χ3v) is 12.4. The van der Waals surface area contributed by atoms with Crippen LogP contribution in [0.1, 0.15) is 79.2 Å². The number of nitriles is 1. The summed E-state index contributed by atoms with van der Waals surface area (Å²) in [6, 6.07) is 8.06. The molecular weight excluding hydrogens is 636 g/mol. The van der Waals surface area contributed by atoms with Crippen molar-refractivity contribution in [1.29, 1.82) is 5.26 Å². The molecule has 3 saturated carbocycles. The third-order valence-electron chi connectivity index (χ3n) is 12.4. The average Bonchev–Trinajstić information content (AvgIpc) is 3.71. The van der Waals surface area contributed by atoms with Gasteiger partial charge >= 0.3 is 13.2 Å². The van der Waals surface area contributed by atoms with Crippen molar-refractivity contribution in [1.82, 2.24) is 14.7 Å². The number of nitrogens with zero attached hydrogens (tertiary/aromatic N) is 4. The SMILES string of the molecule is CN(C(=O)O[C@]1(C)CCCN1C(=O)C(C#N)=CC(C)(C)N1CCC(F)(F)C1)[C@@H](Cc1ccc(F)cc1)B1O[C@@H]2C[C@@H]3C[C@@H](C3(C)C)[C@]2(C)O1. The van der Waals surface area contributed by atoms with Crippen LogP contribution in [0.15, 0.2) is 35.9 Å². The van der Waals surface area contributed by atoms with Crippen LogP contribution in [0.4, 0.5) is 18.0 Å². The van der Waals surface area contributed by atoms with E-state index in [1.165, 1.54) is 28.0 Å². The molecule has 0 aromatic heterocycles. The molecule has 0 N–H and O–H groups in total. The Kier molecular flexibility index (Phi) is 8.98. The lowest BCUT2D eigenvalue weighted by atomic mass is 9.43. The molecule has 0 radical (unpaired) electrons. The summed E-state index contributed by atoms with van der Waals surface area (Å²) in [6.07, 6.45) is 3.45. The number of likely N-dealkylation sites (N-methyl/N-ethyl adjacent to an activating group) is 1. The number of hydrogen-bond donors (Lipinski definition) is 0. The zero-order valence-electron chi connectivity index (χ0n) is 29.6. The summed E-state index contributed by atoms with van der Waals surface area (Å²) >= 11 is 0. The van der Waals surface area contributed by atoms with Gasteiger partial charge in [0.15, 0.2) is 5.72 Å². The lowest BCUT2D eigenvalue weighted by Crippen LogP contribution is -2.65. The minimum absolute atomic E-state index is 0.123. The highest BCUT2D eigenvalue weighted by molar-refractivity contribution is 6.47. The van der Waals surface area contributed by atoms with Gasteiger partial charge in [-0.25, -0.2) is 18.0 Å². The summed E-state index contributed by atoms with van der Waals surface area (Å²) < 4.78 is 61.3. The number of likely N-dealkylation sites (tertiary alicyclic amines) is 2. The predicted molar refractivity (Wildman–Crippen MR) is 177 cm³/mol. The molecule has 1 aromatic rings. The maximum absolute atomic E-state index is 14.0. The summed E-state index contributed by atoms with van der Waals surface area (Å²) in [7, 11) is 0.840. The number of rotatable bonds is 8. The zero-order valence-corrected chi connectivity index (χ0v) is 29.6. The second-order valence-corrected chi connectivity index (χ2v) is 16.3. The molecule has 0 spiro atoms. The first-order valence-corrected chi connectivity index (χ1v) is 17.4. The van der Waals surface area contributed by atoms with Gasteiger partial charge in [-0.1, -0.05) is 26.0 Å². The molecule has 3 heterocycles. The Balaban J connectivity index is 1.21. The van der Waals surface area contributed by atoms with E-state index in [9.17, 15) is 28.0 Å². The van der Waals surface area contributed by atoms with E-state index in [-0.39, 0.29) is 42.4 Å². The van der Waals surface area contributed by atoms with Gasteiger partial charge in [-0.2, -0.15) is 5.26 Å². The van der Waals surface area contributed by atoms with Gasteiger partial charge in [0.25, 0.3) is 11.8 Å². The number of alkyl halides is 2. The first-order chi connectivity index (χ1) is 22.8. The Bertz CT molecular complexity index is 1550. The molecular formula is C36H48BF3N4O5. The van der Waals surface area contributed by atoms with E-state index in [2.05, 4.69) is 20.8 Å². The fourth-order valence-corrected chi connectivity index (χ4v) is 9.06. The van der Waals surface area contributed by atoms with E-state index in [0.29, 0.717) is 31.1 Å². The van der Waals surface area contributed by atoms with E-state index in [0.717, 1.165) is 18.4 Å². The third kappa shape index (κ3) is 6.38. The van der Waals surface area contributed by atoms with E-state index in [4.69, 9.17) is 14.0 Å². The van der Waals surface area contributed by atoms with Gasteiger partial charge in [0, 0.05) is 38.5 Å². The van der Waals surface area contributed by atoms with Crippen LogP contribution in [-0.2, 0) is 25.3 Å². The van der Waals surface area contributed by atoms with Crippen molar-refractivity contribution in [2.24, 2.45) is 17.3 Å². The van der Waals surface area contributed by atoms with Gasteiger partial charge in [-0.15, -0.1) is 0 Å². The molecule has 9 nitrogen and oxygen atoms in total. The molecule has 2 amide bonds. The molecule has 7 rings (SSSR count). The zero-order chi connectivity index (χ0) is 35.7. The smallest absolute Gasteiger partial charge is 0.423 e. The molecule has 6 fully saturated rings. The second kappa shape index (κ2) is 12.3. The van der Waals surface area contributed by atoms with Gasteiger partial charge < -0.3 is 18.9 Å². The molecule has 266 valence electrons. The Morgan fingerprint density at radius 1 is 1.16 bits per heavy atom. The Hall–Kier alpha value is -3.08. The number of benzene rings is 1. The molecule has 1 aromatic carbocycles. The van der Waals surface area contributed by atoms with E-state index < -0.39 is 54.4 Å². The van der Waals surface area contributed by atoms with Crippen molar-refractivity contribution in [3.8, 4) is 6.07 Å². The van der Waals surface area contributed by atoms with Crippen molar-refractivity contribution in [2.75, 3.05) is 26.7 Å². The molecule has 6 aliphatic rings. The van der Waals surface area contributed by atoms with Gasteiger partial charge in [-0.3, -0.25) is 14.6 Å². The van der Waals surface area contributed by atoms with Crippen LogP contribution in [0.25, 0.3) is 0 Å². The lowest BCUT2D eigenvalue weighted by Gasteiger charge is -2.64. The molecule has 6 atom stereocenters. The highest BCUT2D eigenvalue weighted by Crippen LogP contribution is 2.65. The number of carbonyl (C=O) groups is 2. The van der Waals surface area contributed by atoms with Crippen LogP contribution < -0.4 is 0 Å². The predicted octanol–water partition coefficient (Wildman–Crippen LogP) is 5.98. The fourth-order valence-electron chi connectivity index (χ4n) is 9.06. The van der Waals surface area contributed by atoms with Gasteiger partial charge in [0.05, 0.1) is 24.2 Å². The summed E-state index contributed by atoms with van der Waals surface area (Å²) in [6.45, 7) is 11.6. The van der Waals surface area contributed by atoms with Crippen LogP contribution in [0.5, 0.6) is 0 Å². The van der Waals surface area contributed by atoms with Crippen molar-refractivity contribution >= 4 is 19.1 Å².